The van der Waals surface area contributed by atoms with Crippen LogP contribution in [0.1, 0.15) is 0 Å². The molecular formula is C46H69N2NaO34S2. The molecule has 0 aromatic heterocycles. The number of hydrogen-bond donors (Lipinski definition) is 20. The van der Waals surface area contributed by atoms with E-state index in [2.05, 4.69) is 0 Å². The van der Waals surface area contributed by atoms with Crippen molar-refractivity contribution in [2.45, 2.75) is 215 Å². The van der Waals surface area contributed by atoms with Crippen molar-refractivity contribution >= 4 is 24.4 Å². The Hall–Kier alpha value is -1.07. The van der Waals surface area contributed by atoms with Gasteiger partial charge in [0.25, 0.3) is 0 Å². The van der Waals surface area contributed by atoms with E-state index < -0.39 is 265 Å². The van der Waals surface area contributed by atoms with Crippen molar-refractivity contribution in [3.8, 4) is 12.1 Å². The van der Waals surface area contributed by atoms with Crippen LogP contribution in [0.5, 0.6) is 0 Å². The second-order valence-corrected chi connectivity index (χ2v) is 22.1. The van der Waals surface area contributed by atoms with Gasteiger partial charge in [-0.15, -0.1) is 11.8 Å². The molecular weight excluding hydrogens is 1210 g/mol. The van der Waals surface area contributed by atoms with Crippen molar-refractivity contribution in [2.24, 2.45) is 0 Å². The van der Waals surface area contributed by atoms with Crippen LogP contribution in [0.3, 0.4) is 0 Å². The summed E-state index contributed by atoms with van der Waals surface area (Å²) in [6.45, 7) is -6.44. The van der Waals surface area contributed by atoms with Crippen LogP contribution in [0, 0.1) is 22.7 Å². The van der Waals surface area contributed by atoms with Gasteiger partial charge in [-0.05, 0) is 0 Å². The largest absolute Gasteiger partial charge is 1.00 e. The SMILES string of the molecule is N#C/C([S-])=C(/C#N)SC[C@H]1O[C@@H]2O[C@H]3[C@H](O)[C@H](O)[C@@H](O[C@H]4[C@H](O)[C@H](O)[C@@H](O[C@H]5[C@H](O)[C@@H](O)[C@@H](O[C@H]6[C@H](O)[C@@H](O)[C@@H](O[C@H]7[C@H](O)[C@@H](O)[C@@H](O[C@H]8[C@H](O)[C@@H](O)[C@@H](O[C@H]1[C@H](O)[C@H]2O)O[C@@H]8CO)O[C@@H]7CO)O[C@@H]6CO)O[C@@H]5CO)O[C@@H]4CO)O[C@@H]3CO.[Na+]. The van der Waals surface area contributed by atoms with Crippen LogP contribution in [0.2, 0.25) is 0 Å². The smallest absolute Gasteiger partial charge is 0.767 e. The fourth-order valence-corrected chi connectivity index (χ4v) is 11.8. The van der Waals surface area contributed by atoms with E-state index in [4.69, 9.17) is 78.9 Å². The third kappa shape index (κ3) is 14.7. The number of rotatable bonds is 9. The summed E-state index contributed by atoms with van der Waals surface area (Å²) >= 11 is 5.53. The first-order valence-electron chi connectivity index (χ1n) is 26.2. The molecule has 36 nitrogen and oxygen atoms in total. The quantitative estimate of drug-likeness (QED) is 0.0579. The van der Waals surface area contributed by atoms with E-state index in [1.54, 1.807) is 12.1 Å². The molecule has 0 saturated carbocycles. The summed E-state index contributed by atoms with van der Waals surface area (Å²) in [6, 6.07) is 3.33. The minimum Gasteiger partial charge on any atom is -0.767 e. The minimum absolute atomic E-state index is 0. The molecule has 85 heavy (non-hydrogen) atoms. The molecule has 21 aliphatic rings. The monoisotopic (exact) mass is 1280 g/mol. The van der Waals surface area contributed by atoms with Gasteiger partial charge in [0.1, 0.15) is 171 Å². The summed E-state index contributed by atoms with van der Waals surface area (Å²) in [4.78, 5) is -0.851. The topological polar surface area (TPSA) is 581 Å². The maximum Gasteiger partial charge on any atom is 1.00 e. The average molecular weight is 1280 g/mol. The van der Waals surface area contributed by atoms with E-state index in [9.17, 15) is 113 Å². The Labute approximate surface area is 512 Å². The first kappa shape index (κ1) is 71.4. The minimum atomic E-state index is -2.27. The van der Waals surface area contributed by atoms with E-state index in [-0.39, 0.29) is 34.5 Å². The molecule has 0 aromatic rings. The molecule has 0 radical (unpaired) electrons. The van der Waals surface area contributed by atoms with Crippen molar-refractivity contribution in [1.82, 2.24) is 0 Å². The Morgan fingerprint density at radius 1 is 0.294 bits per heavy atom. The zero-order chi connectivity index (χ0) is 61.3. The normalized spacial score (nSPS) is 51.2. The predicted molar refractivity (Wildman–Crippen MR) is 259 cm³/mol. The van der Waals surface area contributed by atoms with E-state index in [1.165, 1.54) is 0 Å². The molecule has 21 heterocycles. The Morgan fingerprint density at radius 3 is 0.635 bits per heavy atom. The van der Waals surface area contributed by atoms with Gasteiger partial charge >= 0.3 is 29.6 Å². The van der Waals surface area contributed by atoms with Crippen LogP contribution >= 0.6 is 11.8 Å². The molecule has 21 saturated heterocycles. The summed E-state index contributed by atoms with van der Waals surface area (Å²) < 4.78 is 80.6. The third-order valence-electron chi connectivity index (χ3n) is 15.4. The molecule has 0 amide bonds. The molecule has 480 valence electrons. The van der Waals surface area contributed by atoms with Crippen LogP contribution < -0.4 is 29.6 Å². The summed E-state index contributed by atoms with van der Waals surface area (Å²) in [5.41, 5.74) is 0. The van der Waals surface area contributed by atoms with Gasteiger partial charge in [-0.3, -0.25) is 0 Å². The Balaban J connectivity index is 0.0000104. The van der Waals surface area contributed by atoms with E-state index in [0.717, 1.165) is 0 Å². The summed E-state index contributed by atoms with van der Waals surface area (Å²) in [6.07, 6.45) is -71.5. The number of aliphatic hydroxyl groups excluding tert-OH is 20. The fraction of sp³-hybridized carbons (Fsp3) is 0.913. The number of nitrogens with zero attached hydrogens (tertiary/aromatic N) is 2. The molecule has 21 rings (SSSR count). The van der Waals surface area contributed by atoms with E-state index in [0.29, 0.717) is 11.8 Å². The van der Waals surface area contributed by atoms with Gasteiger partial charge in [0, 0.05) is 5.75 Å². The Kier molecular flexibility index (Phi) is 26.1. The Bertz CT molecular complexity index is 2240. The van der Waals surface area contributed by atoms with Crippen LogP contribution in [0.4, 0.5) is 0 Å². The molecule has 20 N–H and O–H groups in total. The van der Waals surface area contributed by atoms with Crippen molar-refractivity contribution in [2.75, 3.05) is 45.4 Å². The molecule has 0 aliphatic carbocycles. The van der Waals surface area contributed by atoms with Gasteiger partial charge in [0.05, 0.1) is 56.7 Å². The molecule has 0 unspecified atom stereocenters. The Morgan fingerprint density at radius 2 is 0.471 bits per heavy atom. The van der Waals surface area contributed by atoms with Gasteiger partial charge in [0.2, 0.25) is 0 Å². The van der Waals surface area contributed by atoms with Crippen molar-refractivity contribution in [3.63, 3.8) is 0 Å². The third-order valence-corrected chi connectivity index (χ3v) is 16.9. The van der Waals surface area contributed by atoms with E-state index in [1.807, 2.05) is 0 Å². The first-order chi connectivity index (χ1) is 40.0. The van der Waals surface area contributed by atoms with Crippen molar-refractivity contribution in [1.29, 1.82) is 10.5 Å². The average Bonchev–Trinajstić information content (AvgIpc) is 2.07. The van der Waals surface area contributed by atoms with Crippen LogP contribution in [-0.2, 0) is 78.9 Å². The molecule has 0 aromatic carbocycles. The number of ether oxygens (including phenoxy) is 14. The zero-order valence-corrected chi connectivity index (χ0v) is 48.2. The number of hydrogen-bond acceptors (Lipinski definition) is 38. The maximum absolute atomic E-state index is 11.7. The number of nitriles is 2. The van der Waals surface area contributed by atoms with Gasteiger partial charge in [-0.2, -0.15) is 10.5 Å². The van der Waals surface area contributed by atoms with Crippen molar-refractivity contribution < 1.29 is 198 Å². The number of thioether (sulfide) groups is 1. The summed E-state index contributed by atoms with van der Waals surface area (Å²) in [5.74, 6) is -0.528. The predicted octanol–water partition coefficient (Wildman–Crippen LogP) is -16.7. The van der Waals surface area contributed by atoms with Crippen LogP contribution in [0.25, 0.3) is 0 Å². The number of allylic oxidation sites excluding steroid dienone is 2. The molecule has 21 aliphatic heterocycles. The molecule has 21 fully saturated rings. The first-order valence-corrected chi connectivity index (χ1v) is 27.6. The zero-order valence-electron chi connectivity index (χ0n) is 44.5. The van der Waals surface area contributed by atoms with Gasteiger partial charge in [-0.25, -0.2) is 0 Å². The fourth-order valence-electron chi connectivity index (χ4n) is 10.8. The van der Waals surface area contributed by atoms with E-state index >= 15 is 0 Å². The standard InChI is InChI=1S/C46H70N2O34S2.Na/c47-1-17(83)18(2-48)84-9-16-39-25(61)32(68)46(75-16)81-38-15(8-54)73-44(30(66)23(38)59)79-36-13(6-52)71-42(28(64)21(36)57)77-34-11(4-50)69-40(26(62)19(34)55)76-33-10(3-49)70-41(27(63)20(33)56)78-35-12(5-51)72-43(29(65)22(35)58)80-37-14(7-53)74-45(82-39)31(67)24(37)60;/h10-16,19-46,49-68,83H,3-9H2;/q;+1/p-1/b18-17+;/t10-,11-,12-,13-,14-,15-,16-,19-,20-,21-,22-,23-,24-,25-,26-,27-,28+,29-,30+,31-,32-,33-,34-,35-,36-,37-,38-,39-,40-,41-,42-,43-,44-,45-,46-;/m1./s1. The van der Waals surface area contributed by atoms with Gasteiger partial charge in [0.15, 0.2) is 44.0 Å². The summed E-state index contributed by atoms with van der Waals surface area (Å²) in [7, 11) is 0. The van der Waals surface area contributed by atoms with Crippen LogP contribution in [-0.4, -0.2) is 362 Å². The van der Waals surface area contributed by atoms with Gasteiger partial charge < -0.3 is 181 Å². The number of aliphatic hydroxyl groups is 20. The maximum atomic E-state index is 11.7. The summed E-state index contributed by atoms with van der Waals surface area (Å²) in [5, 5.41) is 242. The molecule has 35 atom stereocenters. The second-order valence-electron chi connectivity index (χ2n) is 20.7. The molecule has 39 heteroatoms. The van der Waals surface area contributed by atoms with Crippen LogP contribution in [0.15, 0.2) is 9.81 Å². The molecule has 0 spiro atoms. The van der Waals surface area contributed by atoms with Gasteiger partial charge in [-0.1, -0.05) is 4.91 Å². The second kappa shape index (κ2) is 31.0. The van der Waals surface area contributed by atoms with Crippen molar-refractivity contribution in [3.05, 3.63) is 9.81 Å². The molecule has 14 bridgehead atoms.